The van der Waals surface area contributed by atoms with E-state index >= 15 is 0 Å². The molecule has 0 saturated heterocycles. The SMILES string of the molecule is CCNC(=O)c1ccc(C)c(N=C(N=CN)c2[nH]cc(C(=O)N(C(=O)OCOC(=O)C(C)O)C3CC3)c2C)c1. The van der Waals surface area contributed by atoms with Crippen molar-refractivity contribution in [1.29, 1.82) is 0 Å². The number of aliphatic imine (C=N–C) groups is 2. The number of carbonyl (C=O) groups is 4. The van der Waals surface area contributed by atoms with Crippen molar-refractivity contribution in [3.05, 3.63) is 52.3 Å². The average Bonchev–Trinajstić information content (AvgIpc) is 3.65. The predicted molar refractivity (Wildman–Crippen MR) is 142 cm³/mol. The number of nitrogens with zero attached hydrogens (tertiary/aromatic N) is 3. The van der Waals surface area contributed by atoms with Crippen molar-refractivity contribution >= 4 is 41.7 Å². The summed E-state index contributed by atoms with van der Waals surface area (Å²) in [5.74, 6) is -1.66. The Labute approximate surface area is 225 Å². The molecule has 13 nitrogen and oxygen atoms in total. The highest BCUT2D eigenvalue weighted by Gasteiger charge is 2.40. The number of amides is 3. The van der Waals surface area contributed by atoms with Crippen LogP contribution in [0.2, 0.25) is 0 Å². The molecule has 1 unspecified atom stereocenters. The number of amidine groups is 1. The van der Waals surface area contributed by atoms with E-state index in [2.05, 4.69) is 25.0 Å². The fourth-order valence-electron chi connectivity index (χ4n) is 3.61. The number of nitrogens with two attached hydrogens (primary N) is 1. The standard InChI is InChI=1S/C26H32N6O7/c1-5-28-23(34)17-7-6-14(2)20(10-17)31-22(30-12-27)21-15(3)19(11-29-21)24(35)32(18-8-9-18)26(37)39-13-38-25(36)16(4)33/h6-7,10-12,16,18,29,33H,5,8-9,13H2,1-4H3,(H,28,34)(H2,27,30,31). The summed E-state index contributed by atoms with van der Waals surface area (Å²) in [4.78, 5) is 62.5. The van der Waals surface area contributed by atoms with Gasteiger partial charge in [-0.3, -0.25) is 9.59 Å². The fraction of sp³-hybridized carbons (Fsp3) is 0.385. The third-order valence-corrected chi connectivity index (χ3v) is 5.88. The second-order valence-electron chi connectivity index (χ2n) is 8.85. The van der Waals surface area contributed by atoms with E-state index in [1.54, 1.807) is 25.1 Å². The number of esters is 1. The number of imide groups is 1. The first-order valence-corrected chi connectivity index (χ1v) is 12.3. The number of hydrogen-bond acceptors (Lipinski definition) is 8. The lowest BCUT2D eigenvalue weighted by molar-refractivity contribution is -0.161. The molecule has 0 aliphatic heterocycles. The lowest BCUT2D eigenvalue weighted by atomic mass is 10.1. The third kappa shape index (κ3) is 7.08. The maximum atomic E-state index is 13.4. The first-order chi connectivity index (χ1) is 18.6. The van der Waals surface area contributed by atoms with Crippen molar-refractivity contribution < 1.29 is 33.8 Å². The van der Waals surface area contributed by atoms with Crippen molar-refractivity contribution in [2.45, 2.75) is 52.7 Å². The van der Waals surface area contributed by atoms with Crippen LogP contribution >= 0.6 is 0 Å². The zero-order chi connectivity index (χ0) is 28.7. The van der Waals surface area contributed by atoms with Gasteiger partial charge in [-0.25, -0.2) is 24.5 Å². The van der Waals surface area contributed by atoms with E-state index in [1.165, 1.54) is 13.1 Å². The van der Waals surface area contributed by atoms with Crippen molar-refractivity contribution in [3.8, 4) is 0 Å². The number of aryl methyl sites for hydroxylation is 1. The molecule has 13 heteroatoms. The first-order valence-electron chi connectivity index (χ1n) is 12.3. The molecule has 5 N–H and O–H groups in total. The highest BCUT2D eigenvalue weighted by atomic mass is 16.7. The number of aromatic amines is 1. The average molecular weight is 541 g/mol. The minimum Gasteiger partial charge on any atom is -0.426 e. The van der Waals surface area contributed by atoms with E-state index in [1.807, 2.05) is 13.8 Å². The van der Waals surface area contributed by atoms with Gasteiger partial charge in [0.15, 0.2) is 5.84 Å². The fourth-order valence-corrected chi connectivity index (χ4v) is 3.61. The molecule has 208 valence electrons. The molecule has 1 fully saturated rings. The second kappa shape index (κ2) is 12.8. The summed E-state index contributed by atoms with van der Waals surface area (Å²) in [7, 11) is 0. The molecule has 1 aromatic heterocycles. The molecule has 1 aliphatic carbocycles. The van der Waals surface area contributed by atoms with Crippen molar-refractivity contribution in [1.82, 2.24) is 15.2 Å². The van der Waals surface area contributed by atoms with Gasteiger partial charge < -0.3 is 30.6 Å². The molecule has 3 rings (SSSR count). The van der Waals surface area contributed by atoms with Crippen molar-refractivity contribution in [2.75, 3.05) is 13.3 Å². The molecular formula is C26H32N6O7. The topological polar surface area (TPSA) is 189 Å². The first kappa shape index (κ1) is 29.0. The molecule has 1 aliphatic rings. The predicted octanol–water partition coefficient (Wildman–Crippen LogP) is 2.07. The molecule has 1 saturated carbocycles. The minimum absolute atomic E-state index is 0.163. The lowest BCUT2D eigenvalue weighted by Crippen LogP contribution is -2.40. The second-order valence-corrected chi connectivity index (χ2v) is 8.85. The maximum Gasteiger partial charge on any atom is 0.419 e. The number of nitrogens with one attached hydrogen (secondary N) is 2. The summed E-state index contributed by atoms with van der Waals surface area (Å²) in [5, 5.41) is 11.9. The number of ether oxygens (including phenoxy) is 2. The molecule has 1 atom stereocenters. The van der Waals surface area contributed by atoms with E-state index in [0.29, 0.717) is 41.9 Å². The summed E-state index contributed by atoms with van der Waals surface area (Å²) in [5.41, 5.74) is 8.30. The number of H-pyrrole nitrogens is 1. The molecule has 1 heterocycles. The van der Waals surface area contributed by atoms with Gasteiger partial charge in [0.1, 0.15) is 6.10 Å². The van der Waals surface area contributed by atoms with Crippen LogP contribution in [0.5, 0.6) is 0 Å². The highest BCUT2D eigenvalue weighted by molar-refractivity contribution is 6.09. The van der Waals surface area contributed by atoms with E-state index < -0.39 is 30.9 Å². The van der Waals surface area contributed by atoms with Crippen LogP contribution in [0.3, 0.4) is 0 Å². The van der Waals surface area contributed by atoms with Gasteiger partial charge in [0, 0.05) is 24.3 Å². The molecule has 0 radical (unpaired) electrons. The Morgan fingerprint density at radius 3 is 2.59 bits per heavy atom. The lowest BCUT2D eigenvalue weighted by Gasteiger charge is -2.20. The van der Waals surface area contributed by atoms with Crippen LogP contribution in [0.15, 0.2) is 34.4 Å². The molecular weight excluding hydrogens is 508 g/mol. The summed E-state index contributed by atoms with van der Waals surface area (Å²) >= 11 is 0. The molecule has 1 aromatic carbocycles. The van der Waals surface area contributed by atoms with Gasteiger partial charge >= 0.3 is 12.1 Å². The number of rotatable bonds is 9. The molecule has 0 bridgehead atoms. The van der Waals surface area contributed by atoms with Crippen LogP contribution in [-0.4, -0.2) is 76.5 Å². The summed E-state index contributed by atoms with van der Waals surface area (Å²) in [6, 6.07) is 4.73. The van der Waals surface area contributed by atoms with Crippen LogP contribution in [0.25, 0.3) is 0 Å². The van der Waals surface area contributed by atoms with Crippen LogP contribution in [0.1, 0.15) is 64.2 Å². The number of hydrogen-bond donors (Lipinski definition) is 4. The third-order valence-electron chi connectivity index (χ3n) is 5.88. The Morgan fingerprint density at radius 2 is 1.97 bits per heavy atom. The van der Waals surface area contributed by atoms with Gasteiger partial charge in [0.2, 0.25) is 6.79 Å². The van der Waals surface area contributed by atoms with E-state index in [4.69, 9.17) is 10.5 Å². The van der Waals surface area contributed by atoms with Crippen LogP contribution in [-0.2, 0) is 14.3 Å². The Morgan fingerprint density at radius 1 is 1.26 bits per heavy atom. The van der Waals surface area contributed by atoms with Crippen LogP contribution < -0.4 is 11.1 Å². The number of aliphatic hydroxyl groups is 1. The van der Waals surface area contributed by atoms with E-state index in [9.17, 15) is 24.3 Å². The summed E-state index contributed by atoms with van der Waals surface area (Å²) in [6.07, 6.45) is 1.35. The van der Waals surface area contributed by atoms with Crippen LogP contribution in [0, 0.1) is 13.8 Å². The zero-order valence-electron chi connectivity index (χ0n) is 22.2. The molecule has 0 spiro atoms. The molecule has 3 amide bonds. The highest BCUT2D eigenvalue weighted by Crippen LogP contribution is 2.30. The Kier molecular flexibility index (Phi) is 9.55. The normalized spacial score (nSPS) is 14.1. The van der Waals surface area contributed by atoms with E-state index in [-0.39, 0.29) is 23.3 Å². The largest absolute Gasteiger partial charge is 0.426 e. The minimum atomic E-state index is -1.38. The van der Waals surface area contributed by atoms with Crippen LogP contribution in [0.4, 0.5) is 10.5 Å². The Hall–Kier alpha value is -4.52. The molecule has 39 heavy (non-hydrogen) atoms. The van der Waals surface area contributed by atoms with Crippen molar-refractivity contribution in [3.63, 3.8) is 0 Å². The summed E-state index contributed by atoms with van der Waals surface area (Å²) < 4.78 is 9.60. The van der Waals surface area contributed by atoms with Gasteiger partial charge in [-0.2, -0.15) is 0 Å². The smallest absolute Gasteiger partial charge is 0.419 e. The Bertz CT molecular complexity index is 1310. The number of carbonyl (C=O) groups excluding carboxylic acids is 4. The number of aliphatic hydroxyl groups excluding tert-OH is 1. The Balaban J connectivity index is 1.88. The quantitative estimate of drug-likeness (QED) is 0.161. The summed E-state index contributed by atoms with van der Waals surface area (Å²) in [6.45, 7) is 6.27. The van der Waals surface area contributed by atoms with E-state index in [0.717, 1.165) is 16.8 Å². The number of aromatic nitrogens is 1. The van der Waals surface area contributed by atoms with Crippen molar-refractivity contribution in [2.24, 2.45) is 15.7 Å². The monoisotopic (exact) mass is 540 g/mol. The van der Waals surface area contributed by atoms with Gasteiger partial charge in [-0.15, -0.1) is 0 Å². The molecule has 2 aromatic rings. The van der Waals surface area contributed by atoms with Gasteiger partial charge in [0.05, 0.1) is 23.3 Å². The van der Waals surface area contributed by atoms with Gasteiger partial charge in [0.25, 0.3) is 11.8 Å². The maximum absolute atomic E-state index is 13.4. The van der Waals surface area contributed by atoms with Gasteiger partial charge in [-0.05, 0) is 63.8 Å². The van der Waals surface area contributed by atoms with Gasteiger partial charge in [-0.1, -0.05) is 6.07 Å². The number of benzene rings is 1. The zero-order valence-corrected chi connectivity index (χ0v) is 22.2.